The van der Waals surface area contributed by atoms with Gasteiger partial charge in [0.1, 0.15) is 5.60 Å². The molecule has 1 aliphatic heterocycles. The van der Waals surface area contributed by atoms with Crippen LogP contribution in [0.25, 0.3) is 0 Å². The Morgan fingerprint density at radius 2 is 2.05 bits per heavy atom. The van der Waals surface area contributed by atoms with Crippen molar-refractivity contribution in [1.82, 2.24) is 10.5 Å². The Bertz CT molecular complexity index is 468. The first-order valence-electron chi connectivity index (χ1n) is 8.01. The lowest BCUT2D eigenvalue weighted by atomic mass is 9.86. The molecular formula is C16H26N2O3. The topological polar surface area (TPSA) is 67.5 Å². The van der Waals surface area contributed by atoms with Crippen LogP contribution < -0.4 is 5.32 Å². The van der Waals surface area contributed by atoms with Crippen LogP contribution in [0.3, 0.4) is 0 Å². The van der Waals surface area contributed by atoms with Crippen LogP contribution in [0, 0.1) is 0 Å². The van der Waals surface area contributed by atoms with Crippen LogP contribution in [0.15, 0.2) is 10.6 Å². The maximum absolute atomic E-state index is 9.96. The third-order valence-corrected chi connectivity index (χ3v) is 4.55. The number of rotatable bonds is 5. The van der Waals surface area contributed by atoms with Crippen molar-refractivity contribution in [2.75, 3.05) is 13.2 Å². The minimum Gasteiger partial charge on any atom is -0.382 e. The minimum absolute atomic E-state index is 0.00422. The van der Waals surface area contributed by atoms with Gasteiger partial charge in [-0.3, -0.25) is 0 Å². The predicted octanol–water partition coefficient (Wildman–Crippen LogP) is 2.14. The highest BCUT2D eigenvalue weighted by Gasteiger charge is 2.41. The summed E-state index contributed by atoms with van der Waals surface area (Å²) in [7, 11) is 0. The van der Waals surface area contributed by atoms with Crippen LogP contribution in [0.2, 0.25) is 0 Å². The second-order valence-corrected chi connectivity index (χ2v) is 7.17. The Labute approximate surface area is 126 Å². The zero-order valence-corrected chi connectivity index (χ0v) is 13.0. The SMILES string of the molecule is CC(C)(O)c1cc(CC2(NC3CCCCC3)COC2)no1. The summed E-state index contributed by atoms with van der Waals surface area (Å²) >= 11 is 0. The highest BCUT2D eigenvalue weighted by Crippen LogP contribution is 2.28. The van der Waals surface area contributed by atoms with Gasteiger partial charge in [-0.05, 0) is 26.7 Å². The lowest BCUT2D eigenvalue weighted by molar-refractivity contribution is -0.0815. The average molecular weight is 294 g/mol. The van der Waals surface area contributed by atoms with Crippen molar-refractivity contribution in [2.24, 2.45) is 0 Å². The van der Waals surface area contributed by atoms with Gasteiger partial charge in [0.05, 0.1) is 24.4 Å². The van der Waals surface area contributed by atoms with Crippen molar-refractivity contribution >= 4 is 0 Å². The van der Waals surface area contributed by atoms with Crippen LogP contribution >= 0.6 is 0 Å². The second kappa shape index (κ2) is 5.71. The normalized spacial score (nSPS) is 23.0. The van der Waals surface area contributed by atoms with Gasteiger partial charge in [-0.25, -0.2) is 0 Å². The fourth-order valence-electron chi connectivity index (χ4n) is 3.29. The molecule has 0 atom stereocenters. The second-order valence-electron chi connectivity index (χ2n) is 7.17. The standard InChI is InChI=1S/C16H26N2O3/c1-15(2,19)14-8-13(18-21-14)9-16(10-20-11-16)17-12-6-4-3-5-7-12/h8,12,17,19H,3-7,9-11H2,1-2H3. The lowest BCUT2D eigenvalue weighted by Crippen LogP contribution is -2.64. The number of nitrogens with zero attached hydrogens (tertiary/aromatic N) is 1. The number of ether oxygens (including phenoxy) is 1. The summed E-state index contributed by atoms with van der Waals surface area (Å²) in [6, 6.07) is 2.46. The first-order chi connectivity index (χ1) is 9.97. The summed E-state index contributed by atoms with van der Waals surface area (Å²) in [4.78, 5) is 0. The molecule has 1 aromatic heterocycles. The summed E-state index contributed by atoms with van der Waals surface area (Å²) in [5, 5.41) is 17.9. The summed E-state index contributed by atoms with van der Waals surface area (Å²) in [6.07, 6.45) is 7.32. The zero-order valence-electron chi connectivity index (χ0n) is 13.0. The molecule has 1 aliphatic carbocycles. The van der Waals surface area contributed by atoms with Gasteiger partial charge in [0.15, 0.2) is 5.76 Å². The Kier molecular flexibility index (Phi) is 4.08. The van der Waals surface area contributed by atoms with Crippen molar-refractivity contribution < 1.29 is 14.4 Å². The van der Waals surface area contributed by atoms with E-state index in [4.69, 9.17) is 9.26 Å². The third-order valence-electron chi connectivity index (χ3n) is 4.55. The van der Waals surface area contributed by atoms with E-state index in [9.17, 15) is 5.11 Å². The molecule has 2 heterocycles. The molecule has 1 aromatic rings. The van der Waals surface area contributed by atoms with Crippen molar-refractivity contribution in [3.8, 4) is 0 Å². The molecule has 0 unspecified atom stereocenters. The highest BCUT2D eigenvalue weighted by atomic mass is 16.5. The fraction of sp³-hybridized carbons (Fsp3) is 0.812. The molecule has 5 nitrogen and oxygen atoms in total. The minimum atomic E-state index is -0.981. The number of aromatic nitrogens is 1. The Morgan fingerprint density at radius 3 is 2.57 bits per heavy atom. The molecule has 2 fully saturated rings. The van der Waals surface area contributed by atoms with Crippen LogP contribution in [-0.2, 0) is 16.8 Å². The van der Waals surface area contributed by atoms with Crippen LogP contribution in [0.5, 0.6) is 0 Å². The van der Waals surface area contributed by atoms with Crippen LogP contribution in [-0.4, -0.2) is 35.1 Å². The molecule has 2 N–H and O–H groups in total. The largest absolute Gasteiger partial charge is 0.382 e. The summed E-state index contributed by atoms with van der Waals surface area (Å²) < 4.78 is 10.7. The van der Waals surface area contributed by atoms with E-state index < -0.39 is 5.60 Å². The van der Waals surface area contributed by atoms with Crippen molar-refractivity contribution in [3.63, 3.8) is 0 Å². The zero-order chi connectivity index (χ0) is 14.9. The molecule has 2 aliphatic rings. The third kappa shape index (κ3) is 3.47. The monoisotopic (exact) mass is 294 g/mol. The van der Waals surface area contributed by atoms with E-state index in [0.717, 1.165) is 25.3 Å². The molecule has 5 heteroatoms. The maximum atomic E-state index is 9.96. The van der Waals surface area contributed by atoms with Gasteiger partial charge in [-0.15, -0.1) is 0 Å². The molecule has 21 heavy (non-hydrogen) atoms. The number of hydrogen-bond acceptors (Lipinski definition) is 5. The van der Waals surface area contributed by atoms with Crippen LogP contribution in [0.4, 0.5) is 0 Å². The van der Waals surface area contributed by atoms with Gasteiger partial charge in [0.2, 0.25) is 0 Å². The number of aliphatic hydroxyl groups is 1. The van der Waals surface area contributed by atoms with Gasteiger partial charge >= 0.3 is 0 Å². The molecule has 0 bridgehead atoms. The molecule has 3 rings (SSSR count). The quantitative estimate of drug-likeness (QED) is 0.871. The van der Waals surface area contributed by atoms with E-state index in [1.165, 1.54) is 32.1 Å². The smallest absolute Gasteiger partial charge is 0.167 e. The maximum Gasteiger partial charge on any atom is 0.167 e. The summed E-state index contributed by atoms with van der Waals surface area (Å²) in [5.74, 6) is 0.519. The van der Waals surface area contributed by atoms with Gasteiger partial charge < -0.3 is 19.7 Å². The van der Waals surface area contributed by atoms with Gasteiger partial charge in [0.25, 0.3) is 0 Å². The van der Waals surface area contributed by atoms with E-state index in [-0.39, 0.29) is 5.54 Å². The molecule has 0 amide bonds. The van der Waals surface area contributed by atoms with E-state index in [1.54, 1.807) is 13.8 Å². The molecule has 1 saturated heterocycles. The average Bonchev–Trinajstić information content (AvgIpc) is 2.86. The molecule has 0 radical (unpaired) electrons. The van der Waals surface area contributed by atoms with Crippen molar-refractivity contribution in [3.05, 3.63) is 17.5 Å². The number of nitrogens with one attached hydrogen (secondary N) is 1. The first-order valence-corrected chi connectivity index (χ1v) is 8.01. The molecular weight excluding hydrogens is 268 g/mol. The summed E-state index contributed by atoms with van der Waals surface area (Å²) in [5.41, 5.74) is -0.0973. The van der Waals surface area contributed by atoms with Gasteiger partial charge in [0, 0.05) is 18.5 Å². The first kappa shape index (κ1) is 15.0. The molecule has 1 saturated carbocycles. The van der Waals surface area contributed by atoms with Gasteiger partial charge in [-0.1, -0.05) is 24.4 Å². The molecule has 0 aromatic carbocycles. The molecule has 118 valence electrons. The fourth-order valence-corrected chi connectivity index (χ4v) is 3.29. The van der Waals surface area contributed by atoms with E-state index in [2.05, 4.69) is 10.5 Å². The van der Waals surface area contributed by atoms with E-state index in [0.29, 0.717) is 11.8 Å². The van der Waals surface area contributed by atoms with Crippen molar-refractivity contribution in [1.29, 1.82) is 0 Å². The number of hydrogen-bond donors (Lipinski definition) is 2. The van der Waals surface area contributed by atoms with E-state index >= 15 is 0 Å². The van der Waals surface area contributed by atoms with Crippen molar-refractivity contribution in [2.45, 2.75) is 69.6 Å². The Hall–Kier alpha value is -0.910. The Balaban J connectivity index is 1.64. The Morgan fingerprint density at radius 1 is 1.33 bits per heavy atom. The van der Waals surface area contributed by atoms with Crippen LogP contribution in [0.1, 0.15) is 57.4 Å². The highest BCUT2D eigenvalue weighted by molar-refractivity contribution is 5.15. The predicted molar refractivity (Wildman–Crippen MR) is 79.0 cm³/mol. The summed E-state index contributed by atoms with van der Waals surface area (Å²) in [6.45, 7) is 4.88. The lowest BCUT2D eigenvalue weighted by Gasteiger charge is -2.45. The van der Waals surface area contributed by atoms with Gasteiger partial charge in [-0.2, -0.15) is 0 Å². The molecule has 0 spiro atoms. The van der Waals surface area contributed by atoms with E-state index in [1.807, 2.05) is 6.07 Å².